The van der Waals surface area contributed by atoms with Crippen LogP contribution in [-0.2, 0) is 6.42 Å². The van der Waals surface area contributed by atoms with Gasteiger partial charge in [-0.1, -0.05) is 0 Å². The summed E-state index contributed by atoms with van der Waals surface area (Å²) in [7, 11) is 1.68. The number of H-pyrrole nitrogens is 1. The van der Waals surface area contributed by atoms with Gasteiger partial charge in [-0.05, 0) is 55.3 Å². The predicted octanol–water partition coefficient (Wildman–Crippen LogP) is 2.24. The SMILES string of the molecule is COc1ccc(-c2cnc(CC3CCNC3)[nH]2)cc1. The minimum absolute atomic E-state index is 0.717. The van der Waals surface area contributed by atoms with Crippen molar-refractivity contribution in [2.24, 2.45) is 5.92 Å². The van der Waals surface area contributed by atoms with Gasteiger partial charge in [-0.25, -0.2) is 4.98 Å². The van der Waals surface area contributed by atoms with Gasteiger partial charge in [-0.2, -0.15) is 0 Å². The molecule has 2 aromatic rings. The lowest BCUT2D eigenvalue weighted by Crippen LogP contribution is -2.11. The molecule has 19 heavy (non-hydrogen) atoms. The van der Waals surface area contributed by atoms with E-state index < -0.39 is 0 Å². The molecule has 0 bridgehead atoms. The van der Waals surface area contributed by atoms with E-state index in [1.807, 2.05) is 30.5 Å². The molecule has 1 aliphatic rings. The van der Waals surface area contributed by atoms with Crippen molar-refractivity contribution >= 4 is 0 Å². The highest BCUT2D eigenvalue weighted by atomic mass is 16.5. The van der Waals surface area contributed by atoms with E-state index in [4.69, 9.17) is 4.74 Å². The van der Waals surface area contributed by atoms with E-state index >= 15 is 0 Å². The zero-order chi connectivity index (χ0) is 13.1. The molecule has 2 N–H and O–H groups in total. The standard InChI is InChI=1S/C15H19N3O/c1-19-13-4-2-12(3-5-13)14-10-17-15(18-14)8-11-6-7-16-9-11/h2-5,10-11,16H,6-9H2,1H3,(H,17,18). The highest BCUT2D eigenvalue weighted by molar-refractivity contribution is 5.59. The summed E-state index contributed by atoms with van der Waals surface area (Å²) in [6.07, 6.45) is 4.20. The number of methoxy groups -OCH3 is 1. The lowest BCUT2D eigenvalue weighted by Gasteiger charge is -2.04. The van der Waals surface area contributed by atoms with Crippen molar-refractivity contribution in [3.8, 4) is 17.0 Å². The van der Waals surface area contributed by atoms with Gasteiger partial charge >= 0.3 is 0 Å². The molecule has 0 aliphatic carbocycles. The predicted molar refractivity (Wildman–Crippen MR) is 75.3 cm³/mol. The number of nitrogens with one attached hydrogen (secondary N) is 2. The Morgan fingerprint density at radius 2 is 2.16 bits per heavy atom. The maximum absolute atomic E-state index is 5.17. The Morgan fingerprint density at radius 3 is 2.84 bits per heavy atom. The van der Waals surface area contributed by atoms with Crippen LogP contribution in [-0.4, -0.2) is 30.2 Å². The van der Waals surface area contributed by atoms with Crippen LogP contribution in [0.25, 0.3) is 11.3 Å². The first kappa shape index (κ1) is 12.2. The summed E-state index contributed by atoms with van der Waals surface area (Å²) in [5.41, 5.74) is 2.22. The molecule has 1 unspecified atom stereocenters. The molecule has 1 aromatic carbocycles. The molecule has 2 heterocycles. The monoisotopic (exact) mass is 257 g/mol. The second-order valence-corrected chi connectivity index (χ2v) is 5.04. The van der Waals surface area contributed by atoms with Gasteiger partial charge in [0.15, 0.2) is 0 Å². The first-order valence-electron chi connectivity index (χ1n) is 6.74. The molecule has 0 saturated carbocycles. The van der Waals surface area contributed by atoms with Crippen molar-refractivity contribution in [2.45, 2.75) is 12.8 Å². The molecule has 100 valence electrons. The molecule has 4 nitrogen and oxygen atoms in total. The number of benzene rings is 1. The quantitative estimate of drug-likeness (QED) is 0.883. The van der Waals surface area contributed by atoms with E-state index in [0.29, 0.717) is 0 Å². The average Bonchev–Trinajstić information content (AvgIpc) is 3.11. The molecule has 1 aromatic heterocycles. The Kier molecular flexibility index (Phi) is 3.51. The van der Waals surface area contributed by atoms with Gasteiger partial charge in [0.05, 0.1) is 19.0 Å². The largest absolute Gasteiger partial charge is 0.497 e. The van der Waals surface area contributed by atoms with Crippen molar-refractivity contribution in [2.75, 3.05) is 20.2 Å². The number of imidazole rings is 1. The summed E-state index contributed by atoms with van der Waals surface area (Å²) in [6.45, 7) is 2.25. The minimum atomic E-state index is 0.717. The van der Waals surface area contributed by atoms with Gasteiger partial charge in [0.1, 0.15) is 11.6 Å². The van der Waals surface area contributed by atoms with E-state index in [9.17, 15) is 0 Å². The van der Waals surface area contributed by atoms with Crippen molar-refractivity contribution in [3.63, 3.8) is 0 Å². The van der Waals surface area contributed by atoms with Crippen LogP contribution in [0.3, 0.4) is 0 Å². The third-order valence-electron chi connectivity index (χ3n) is 3.67. The van der Waals surface area contributed by atoms with E-state index in [2.05, 4.69) is 15.3 Å². The molecule has 1 saturated heterocycles. The Labute approximate surface area is 113 Å². The number of aromatic amines is 1. The second-order valence-electron chi connectivity index (χ2n) is 5.04. The summed E-state index contributed by atoms with van der Waals surface area (Å²) in [6, 6.07) is 8.04. The third kappa shape index (κ3) is 2.79. The Balaban J connectivity index is 1.72. The summed E-state index contributed by atoms with van der Waals surface area (Å²) >= 11 is 0. The molecular formula is C15H19N3O. The Hall–Kier alpha value is -1.81. The highest BCUT2D eigenvalue weighted by Crippen LogP contribution is 2.22. The molecule has 0 amide bonds. The van der Waals surface area contributed by atoms with E-state index in [-0.39, 0.29) is 0 Å². The molecule has 4 heteroatoms. The van der Waals surface area contributed by atoms with Crippen LogP contribution in [0.4, 0.5) is 0 Å². The minimum Gasteiger partial charge on any atom is -0.497 e. The summed E-state index contributed by atoms with van der Waals surface area (Å²) < 4.78 is 5.17. The van der Waals surface area contributed by atoms with Gasteiger partial charge < -0.3 is 15.0 Å². The fraction of sp³-hybridized carbons (Fsp3) is 0.400. The molecular weight excluding hydrogens is 238 g/mol. The summed E-state index contributed by atoms with van der Waals surface area (Å²) in [5.74, 6) is 2.68. The maximum atomic E-state index is 5.17. The van der Waals surface area contributed by atoms with Crippen molar-refractivity contribution < 1.29 is 4.74 Å². The fourth-order valence-electron chi connectivity index (χ4n) is 2.55. The van der Waals surface area contributed by atoms with Gasteiger partial charge in [0.2, 0.25) is 0 Å². The van der Waals surface area contributed by atoms with Crippen LogP contribution in [0.5, 0.6) is 5.75 Å². The normalized spacial score (nSPS) is 18.7. The number of hydrogen-bond acceptors (Lipinski definition) is 3. The molecule has 0 spiro atoms. The fourth-order valence-corrected chi connectivity index (χ4v) is 2.55. The van der Waals surface area contributed by atoms with Crippen LogP contribution < -0.4 is 10.1 Å². The van der Waals surface area contributed by atoms with Crippen LogP contribution in [0.15, 0.2) is 30.5 Å². The molecule has 3 rings (SSSR count). The number of aromatic nitrogens is 2. The summed E-state index contributed by atoms with van der Waals surface area (Å²) in [4.78, 5) is 7.90. The maximum Gasteiger partial charge on any atom is 0.118 e. The second kappa shape index (κ2) is 5.45. The zero-order valence-corrected chi connectivity index (χ0v) is 11.1. The Morgan fingerprint density at radius 1 is 1.32 bits per heavy atom. The molecule has 0 radical (unpaired) electrons. The van der Waals surface area contributed by atoms with Crippen LogP contribution in [0.2, 0.25) is 0 Å². The van der Waals surface area contributed by atoms with Crippen LogP contribution >= 0.6 is 0 Å². The highest BCUT2D eigenvalue weighted by Gasteiger charge is 2.16. The third-order valence-corrected chi connectivity index (χ3v) is 3.67. The molecule has 1 fully saturated rings. The smallest absolute Gasteiger partial charge is 0.118 e. The summed E-state index contributed by atoms with van der Waals surface area (Å²) in [5, 5.41) is 3.39. The van der Waals surface area contributed by atoms with E-state index in [0.717, 1.165) is 48.3 Å². The molecule has 1 aliphatic heterocycles. The topological polar surface area (TPSA) is 49.9 Å². The lowest BCUT2D eigenvalue weighted by atomic mass is 10.1. The van der Waals surface area contributed by atoms with E-state index in [1.165, 1.54) is 6.42 Å². The van der Waals surface area contributed by atoms with Gasteiger partial charge in [0, 0.05) is 6.42 Å². The van der Waals surface area contributed by atoms with Crippen molar-refractivity contribution in [3.05, 3.63) is 36.3 Å². The number of ether oxygens (including phenoxy) is 1. The van der Waals surface area contributed by atoms with Gasteiger partial charge in [0.25, 0.3) is 0 Å². The van der Waals surface area contributed by atoms with Crippen LogP contribution in [0, 0.1) is 5.92 Å². The molecule has 1 atom stereocenters. The first-order valence-corrected chi connectivity index (χ1v) is 6.74. The van der Waals surface area contributed by atoms with Gasteiger partial charge in [-0.15, -0.1) is 0 Å². The number of nitrogens with zero attached hydrogens (tertiary/aromatic N) is 1. The zero-order valence-electron chi connectivity index (χ0n) is 11.1. The first-order chi connectivity index (χ1) is 9.35. The lowest BCUT2D eigenvalue weighted by molar-refractivity contribution is 0.415. The average molecular weight is 257 g/mol. The van der Waals surface area contributed by atoms with E-state index in [1.54, 1.807) is 7.11 Å². The van der Waals surface area contributed by atoms with Crippen LogP contribution in [0.1, 0.15) is 12.2 Å². The van der Waals surface area contributed by atoms with Crippen molar-refractivity contribution in [1.29, 1.82) is 0 Å². The number of rotatable bonds is 4. The van der Waals surface area contributed by atoms with Crippen molar-refractivity contribution in [1.82, 2.24) is 15.3 Å². The Bertz CT molecular complexity index is 527. The van der Waals surface area contributed by atoms with Gasteiger partial charge in [-0.3, -0.25) is 0 Å². The number of hydrogen-bond donors (Lipinski definition) is 2.